The van der Waals surface area contributed by atoms with E-state index < -0.39 is 0 Å². The van der Waals surface area contributed by atoms with Gasteiger partial charge in [0.1, 0.15) is 17.5 Å². The summed E-state index contributed by atoms with van der Waals surface area (Å²) in [6.07, 6.45) is 8.34. The molecular formula is C16H28N4. The number of nitrogens with one attached hydrogen (secondary N) is 2. The Kier molecular flexibility index (Phi) is 5.62. The predicted molar refractivity (Wildman–Crippen MR) is 85.3 cm³/mol. The van der Waals surface area contributed by atoms with Crippen LogP contribution in [0, 0.1) is 5.92 Å². The monoisotopic (exact) mass is 276 g/mol. The molecule has 0 spiro atoms. The molecule has 1 aromatic rings. The number of hydrogen-bond acceptors (Lipinski definition) is 4. The molecule has 1 heterocycles. The highest BCUT2D eigenvalue weighted by molar-refractivity contribution is 5.47. The molecular weight excluding hydrogens is 248 g/mol. The van der Waals surface area contributed by atoms with E-state index in [1.165, 1.54) is 38.5 Å². The molecule has 0 aliphatic heterocycles. The molecule has 0 unspecified atom stereocenters. The van der Waals surface area contributed by atoms with Crippen molar-refractivity contribution in [3.8, 4) is 0 Å². The van der Waals surface area contributed by atoms with Crippen molar-refractivity contribution in [2.75, 3.05) is 24.2 Å². The molecule has 0 amide bonds. The van der Waals surface area contributed by atoms with Crippen LogP contribution in [0.15, 0.2) is 6.07 Å². The highest BCUT2D eigenvalue weighted by atomic mass is 15.1. The van der Waals surface area contributed by atoms with Crippen LogP contribution in [0.2, 0.25) is 0 Å². The van der Waals surface area contributed by atoms with Crippen LogP contribution in [-0.4, -0.2) is 23.6 Å². The maximum absolute atomic E-state index is 4.60. The Balaban J connectivity index is 1.89. The zero-order valence-electron chi connectivity index (χ0n) is 13.1. The van der Waals surface area contributed by atoms with E-state index >= 15 is 0 Å². The van der Waals surface area contributed by atoms with Crippen LogP contribution < -0.4 is 10.6 Å². The van der Waals surface area contributed by atoms with Crippen molar-refractivity contribution in [2.24, 2.45) is 5.92 Å². The molecule has 2 rings (SSSR count). The minimum atomic E-state index is 0.349. The van der Waals surface area contributed by atoms with Crippen molar-refractivity contribution < 1.29 is 0 Å². The van der Waals surface area contributed by atoms with E-state index in [1.54, 1.807) is 0 Å². The van der Waals surface area contributed by atoms with E-state index in [2.05, 4.69) is 34.4 Å². The molecule has 0 bridgehead atoms. The average Bonchev–Trinajstić information content (AvgIpc) is 2.48. The summed E-state index contributed by atoms with van der Waals surface area (Å²) < 4.78 is 0. The topological polar surface area (TPSA) is 49.8 Å². The fourth-order valence-corrected chi connectivity index (χ4v) is 2.82. The normalized spacial score (nSPS) is 16.4. The van der Waals surface area contributed by atoms with Crippen LogP contribution >= 0.6 is 0 Å². The van der Waals surface area contributed by atoms with Crippen LogP contribution in [0.1, 0.15) is 64.1 Å². The zero-order valence-corrected chi connectivity index (χ0v) is 13.1. The van der Waals surface area contributed by atoms with Gasteiger partial charge in [-0.1, -0.05) is 46.0 Å². The van der Waals surface area contributed by atoms with Gasteiger partial charge in [0, 0.05) is 25.6 Å². The Morgan fingerprint density at radius 3 is 2.50 bits per heavy atom. The van der Waals surface area contributed by atoms with Gasteiger partial charge in [-0.15, -0.1) is 0 Å². The number of anilines is 2. The molecule has 0 radical (unpaired) electrons. The first kappa shape index (κ1) is 15.1. The standard InChI is InChI=1S/C16H28N4/c1-12(2)16-19-14(17-3)11-15(20-16)18-10-9-13-7-5-4-6-8-13/h11-13H,4-10H2,1-3H3,(H2,17,18,19,20). The van der Waals surface area contributed by atoms with E-state index in [1.807, 2.05) is 13.1 Å². The Morgan fingerprint density at radius 1 is 1.15 bits per heavy atom. The third kappa shape index (κ3) is 4.36. The summed E-state index contributed by atoms with van der Waals surface area (Å²) in [6.45, 7) is 5.27. The van der Waals surface area contributed by atoms with E-state index in [9.17, 15) is 0 Å². The summed E-state index contributed by atoms with van der Waals surface area (Å²) in [4.78, 5) is 9.09. The number of hydrogen-bond donors (Lipinski definition) is 2. The molecule has 1 aromatic heterocycles. The first-order valence-corrected chi connectivity index (χ1v) is 7.99. The van der Waals surface area contributed by atoms with Gasteiger partial charge < -0.3 is 10.6 Å². The fraction of sp³-hybridized carbons (Fsp3) is 0.750. The second kappa shape index (κ2) is 7.46. The summed E-state index contributed by atoms with van der Waals surface area (Å²) in [6, 6.07) is 1.99. The highest BCUT2D eigenvalue weighted by Gasteiger charge is 2.13. The Hall–Kier alpha value is -1.32. The van der Waals surface area contributed by atoms with E-state index in [-0.39, 0.29) is 0 Å². The van der Waals surface area contributed by atoms with E-state index in [0.29, 0.717) is 5.92 Å². The van der Waals surface area contributed by atoms with Gasteiger partial charge in [0.15, 0.2) is 0 Å². The van der Waals surface area contributed by atoms with E-state index in [4.69, 9.17) is 0 Å². The minimum absolute atomic E-state index is 0.349. The molecule has 2 N–H and O–H groups in total. The first-order valence-electron chi connectivity index (χ1n) is 7.99. The van der Waals surface area contributed by atoms with Crippen molar-refractivity contribution in [3.05, 3.63) is 11.9 Å². The molecule has 0 saturated heterocycles. The van der Waals surface area contributed by atoms with Crippen LogP contribution in [-0.2, 0) is 0 Å². The van der Waals surface area contributed by atoms with E-state index in [0.717, 1.165) is 29.9 Å². The van der Waals surface area contributed by atoms with Gasteiger partial charge >= 0.3 is 0 Å². The van der Waals surface area contributed by atoms with Gasteiger partial charge in [0.05, 0.1) is 0 Å². The first-order chi connectivity index (χ1) is 9.69. The lowest BCUT2D eigenvalue weighted by atomic mass is 9.87. The Morgan fingerprint density at radius 2 is 1.85 bits per heavy atom. The van der Waals surface area contributed by atoms with Crippen molar-refractivity contribution in [1.82, 2.24) is 9.97 Å². The Labute approximate surface area is 122 Å². The summed E-state index contributed by atoms with van der Waals surface area (Å²) in [7, 11) is 1.90. The smallest absolute Gasteiger partial charge is 0.135 e. The summed E-state index contributed by atoms with van der Waals surface area (Å²) >= 11 is 0. The largest absolute Gasteiger partial charge is 0.373 e. The van der Waals surface area contributed by atoms with Gasteiger partial charge in [-0.25, -0.2) is 9.97 Å². The summed E-state index contributed by atoms with van der Waals surface area (Å²) in [5, 5.41) is 6.58. The third-order valence-electron chi connectivity index (χ3n) is 4.10. The fourth-order valence-electron chi connectivity index (χ4n) is 2.82. The SMILES string of the molecule is CNc1cc(NCCC2CCCCC2)nc(C(C)C)n1. The third-order valence-corrected chi connectivity index (χ3v) is 4.10. The second-order valence-electron chi connectivity index (χ2n) is 6.12. The van der Waals surface area contributed by atoms with Gasteiger partial charge in [0.25, 0.3) is 0 Å². The molecule has 112 valence electrons. The van der Waals surface area contributed by atoms with Gasteiger partial charge in [-0.3, -0.25) is 0 Å². The molecule has 1 saturated carbocycles. The molecule has 0 atom stereocenters. The lowest BCUT2D eigenvalue weighted by Gasteiger charge is -2.21. The highest BCUT2D eigenvalue weighted by Crippen LogP contribution is 2.26. The number of rotatable bonds is 6. The van der Waals surface area contributed by atoms with Gasteiger partial charge in [-0.2, -0.15) is 0 Å². The molecule has 1 aliphatic carbocycles. The quantitative estimate of drug-likeness (QED) is 0.824. The van der Waals surface area contributed by atoms with Crippen LogP contribution in [0.5, 0.6) is 0 Å². The van der Waals surface area contributed by atoms with Gasteiger partial charge in [-0.05, 0) is 12.3 Å². The zero-order chi connectivity index (χ0) is 14.4. The van der Waals surface area contributed by atoms with Gasteiger partial charge in [0.2, 0.25) is 0 Å². The second-order valence-corrected chi connectivity index (χ2v) is 6.12. The molecule has 1 aliphatic rings. The molecule has 0 aromatic carbocycles. The van der Waals surface area contributed by atoms with Crippen molar-refractivity contribution in [1.29, 1.82) is 0 Å². The molecule has 1 fully saturated rings. The van der Waals surface area contributed by atoms with Crippen LogP contribution in [0.25, 0.3) is 0 Å². The lowest BCUT2D eigenvalue weighted by molar-refractivity contribution is 0.345. The Bertz CT molecular complexity index is 411. The lowest BCUT2D eigenvalue weighted by Crippen LogP contribution is -2.13. The molecule has 4 nitrogen and oxygen atoms in total. The van der Waals surface area contributed by atoms with Crippen molar-refractivity contribution >= 4 is 11.6 Å². The number of aromatic nitrogens is 2. The van der Waals surface area contributed by atoms with Crippen LogP contribution in [0.3, 0.4) is 0 Å². The van der Waals surface area contributed by atoms with Crippen molar-refractivity contribution in [3.63, 3.8) is 0 Å². The summed E-state index contributed by atoms with van der Waals surface area (Å²) in [5.41, 5.74) is 0. The van der Waals surface area contributed by atoms with Crippen LogP contribution in [0.4, 0.5) is 11.6 Å². The maximum Gasteiger partial charge on any atom is 0.135 e. The average molecular weight is 276 g/mol. The predicted octanol–water partition coefficient (Wildman–Crippen LogP) is 4.02. The maximum atomic E-state index is 4.60. The molecule has 4 heteroatoms. The number of nitrogens with zero attached hydrogens (tertiary/aromatic N) is 2. The summed E-state index contributed by atoms with van der Waals surface area (Å²) in [5.74, 6) is 4.00. The van der Waals surface area contributed by atoms with Crippen molar-refractivity contribution in [2.45, 2.75) is 58.3 Å². The minimum Gasteiger partial charge on any atom is -0.373 e. The molecule has 20 heavy (non-hydrogen) atoms.